The summed E-state index contributed by atoms with van der Waals surface area (Å²) in [5.74, 6) is 0.550. The summed E-state index contributed by atoms with van der Waals surface area (Å²) in [5, 5.41) is 0. The van der Waals surface area contributed by atoms with Crippen LogP contribution in [0.25, 0.3) is 0 Å². The van der Waals surface area contributed by atoms with Crippen molar-refractivity contribution in [1.29, 1.82) is 0 Å². The summed E-state index contributed by atoms with van der Waals surface area (Å²) in [5.41, 5.74) is 2.27. The van der Waals surface area contributed by atoms with Crippen LogP contribution < -0.4 is 0 Å². The molecule has 0 aromatic heterocycles. The third kappa shape index (κ3) is 6.64. The van der Waals surface area contributed by atoms with Crippen LogP contribution >= 0.6 is 11.6 Å². The summed E-state index contributed by atoms with van der Waals surface area (Å²) in [6.07, 6.45) is 0. The number of ether oxygens (including phenoxy) is 3. The summed E-state index contributed by atoms with van der Waals surface area (Å²) in [7, 11) is 1.66. The van der Waals surface area contributed by atoms with Crippen LogP contribution in [0.3, 0.4) is 0 Å². The molecule has 0 unspecified atom stereocenters. The number of hydrogen-bond donors (Lipinski definition) is 0. The van der Waals surface area contributed by atoms with E-state index in [2.05, 4.69) is 0 Å². The van der Waals surface area contributed by atoms with Gasteiger partial charge in [-0.1, -0.05) is 24.3 Å². The molecule has 0 aliphatic rings. The lowest BCUT2D eigenvalue weighted by molar-refractivity contribution is 0.0199. The largest absolute Gasteiger partial charge is 0.382 e. The van der Waals surface area contributed by atoms with E-state index < -0.39 is 0 Å². The maximum atomic E-state index is 5.71. The molecule has 0 saturated heterocycles. The van der Waals surface area contributed by atoms with Crippen LogP contribution in [-0.2, 0) is 26.7 Å². The van der Waals surface area contributed by atoms with Gasteiger partial charge in [-0.15, -0.1) is 11.6 Å². The Bertz CT molecular complexity index is 287. The molecule has 0 heterocycles. The highest BCUT2D eigenvalue weighted by atomic mass is 35.5. The van der Waals surface area contributed by atoms with E-state index in [1.807, 2.05) is 24.3 Å². The molecule has 17 heavy (non-hydrogen) atoms. The molecule has 0 bridgehead atoms. The SMILES string of the molecule is COCCOCCOCc1ccc(CCl)cc1. The van der Waals surface area contributed by atoms with E-state index in [0.29, 0.717) is 38.9 Å². The highest BCUT2D eigenvalue weighted by Crippen LogP contribution is 2.07. The molecular formula is C13H19ClO3. The van der Waals surface area contributed by atoms with E-state index >= 15 is 0 Å². The Morgan fingerprint density at radius 1 is 0.882 bits per heavy atom. The number of alkyl halides is 1. The molecule has 0 aliphatic carbocycles. The molecule has 0 spiro atoms. The fraction of sp³-hybridized carbons (Fsp3) is 0.538. The first-order valence-electron chi connectivity index (χ1n) is 5.65. The fourth-order valence-corrected chi connectivity index (χ4v) is 1.45. The van der Waals surface area contributed by atoms with Crippen LogP contribution in [0.4, 0.5) is 0 Å². The first-order chi connectivity index (χ1) is 8.36. The molecule has 96 valence electrons. The predicted molar refractivity (Wildman–Crippen MR) is 68.4 cm³/mol. The maximum absolute atomic E-state index is 5.71. The monoisotopic (exact) mass is 258 g/mol. The summed E-state index contributed by atoms with van der Waals surface area (Å²) < 4.78 is 15.6. The van der Waals surface area contributed by atoms with Crippen molar-refractivity contribution in [2.45, 2.75) is 12.5 Å². The van der Waals surface area contributed by atoms with Crippen molar-refractivity contribution < 1.29 is 14.2 Å². The average Bonchev–Trinajstić information content (AvgIpc) is 2.38. The number of rotatable bonds is 9. The third-order valence-corrected chi connectivity index (χ3v) is 2.56. The van der Waals surface area contributed by atoms with Gasteiger partial charge in [0.05, 0.1) is 33.0 Å². The molecule has 1 aromatic carbocycles. The topological polar surface area (TPSA) is 27.7 Å². The Balaban J connectivity index is 2.05. The molecule has 0 saturated carbocycles. The van der Waals surface area contributed by atoms with Crippen molar-refractivity contribution in [3.63, 3.8) is 0 Å². The van der Waals surface area contributed by atoms with Gasteiger partial charge in [-0.25, -0.2) is 0 Å². The Labute approximate surface area is 108 Å². The van der Waals surface area contributed by atoms with Crippen molar-refractivity contribution in [1.82, 2.24) is 0 Å². The van der Waals surface area contributed by atoms with Gasteiger partial charge in [-0.2, -0.15) is 0 Å². The lowest BCUT2D eigenvalue weighted by Crippen LogP contribution is -2.08. The first-order valence-corrected chi connectivity index (χ1v) is 6.18. The first kappa shape index (κ1) is 14.5. The minimum absolute atomic E-state index is 0.550. The van der Waals surface area contributed by atoms with E-state index in [-0.39, 0.29) is 0 Å². The second-order valence-electron chi connectivity index (χ2n) is 3.61. The predicted octanol–water partition coefficient (Wildman–Crippen LogP) is 2.61. The average molecular weight is 259 g/mol. The zero-order chi connectivity index (χ0) is 12.3. The van der Waals surface area contributed by atoms with Crippen molar-refractivity contribution in [3.05, 3.63) is 35.4 Å². The van der Waals surface area contributed by atoms with Gasteiger partial charge in [0.2, 0.25) is 0 Å². The highest BCUT2D eigenvalue weighted by Gasteiger charge is 1.95. The lowest BCUT2D eigenvalue weighted by Gasteiger charge is -2.06. The van der Waals surface area contributed by atoms with Gasteiger partial charge in [-0.05, 0) is 11.1 Å². The minimum atomic E-state index is 0.550. The van der Waals surface area contributed by atoms with Gasteiger partial charge in [0, 0.05) is 13.0 Å². The Kier molecular flexibility index (Phi) is 8.01. The van der Waals surface area contributed by atoms with E-state index in [1.54, 1.807) is 7.11 Å². The number of hydrogen-bond acceptors (Lipinski definition) is 3. The zero-order valence-electron chi connectivity index (χ0n) is 10.2. The summed E-state index contributed by atoms with van der Waals surface area (Å²) in [6.45, 7) is 3.05. The Morgan fingerprint density at radius 2 is 1.47 bits per heavy atom. The van der Waals surface area contributed by atoms with Gasteiger partial charge in [-0.3, -0.25) is 0 Å². The molecular weight excluding hydrogens is 240 g/mol. The highest BCUT2D eigenvalue weighted by molar-refractivity contribution is 6.17. The van der Waals surface area contributed by atoms with E-state index in [9.17, 15) is 0 Å². The second-order valence-corrected chi connectivity index (χ2v) is 3.88. The van der Waals surface area contributed by atoms with Crippen LogP contribution in [0.2, 0.25) is 0 Å². The van der Waals surface area contributed by atoms with E-state index in [0.717, 1.165) is 11.1 Å². The van der Waals surface area contributed by atoms with Crippen LogP contribution in [0, 0.1) is 0 Å². The molecule has 0 atom stereocenters. The molecule has 3 nitrogen and oxygen atoms in total. The van der Waals surface area contributed by atoms with Gasteiger partial charge in [0.25, 0.3) is 0 Å². The lowest BCUT2D eigenvalue weighted by atomic mass is 10.2. The minimum Gasteiger partial charge on any atom is -0.382 e. The van der Waals surface area contributed by atoms with Crippen LogP contribution in [0.5, 0.6) is 0 Å². The second kappa shape index (κ2) is 9.42. The smallest absolute Gasteiger partial charge is 0.0718 e. The van der Waals surface area contributed by atoms with Gasteiger partial charge in [0.1, 0.15) is 0 Å². The van der Waals surface area contributed by atoms with Gasteiger partial charge >= 0.3 is 0 Å². The van der Waals surface area contributed by atoms with Gasteiger partial charge < -0.3 is 14.2 Å². The number of benzene rings is 1. The quantitative estimate of drug-likeness (QED) is 0.503. The van der Waals surface area contributed by atoms with Crippen LogP contribution in [-0.4, -0.2) is 33.5 Å². The Morgan fingerprint density at radius 3 is 2.12 bits per heavy atom. The van der Waals surface area contributed by atoms with E-state index in [4.69, 9.17) is 25.8 Å². The van der Waals surface area contributed by atoms with Crippen molar-refractivity contribution in [2.75, 3.05) is 33.5 Å². The maximum Gasteiger partial charge on any atom is 0.0718 e. The van der Waals surface area contributed by atoms with Crippen molar-refractivity contribution >= 4 is 11.6 Å². The normalized spacial score (nSPS) is 10.7. The molecule has 0 fully saturated rings. The zero-order valence-corrected chi connectivity index (χ0v) is 10.9. The molecule has 0 radical (unpaired) electrons. The molecule has 0 N–H and O–H groups in total. The fourth-order valence-electron chi connectivity index (χ4n) is 1.28. The molecule has 4 heteroatoms. The number of halogens is 1. The molecule has 1 rings (SSSR count). The van der Waals surface area contributed by atoms with Gasteiger partial charge in [0.15, 0.2) is 0 Å². The third-order valence-electron chi connectivity index (χ3n) is 2.25. The van der Waals surface area contributed by atoms with Crippen LogP contribution in [0.15, 0.2) is 24.3 Å². The summed E-state index contributed by atoms with van der Waals surface area (Å²) in [6, 6.07) is 8.09. The van der Waals surface area contributed by atoms with Crippen LogP contribution in [0.1, 0.15) is 11.1 Å². The molecule has 1 aromatic rings. The molecule has 0 amide bonds. The van der Waals surface area contributed by atoms with Crippen molar-refractivity contribution in [3.8, 4) is 0 Å². The van der Waals surface area contributed by atoms with Crippen molar-refractivity contribution in [2.24, 2.45) is 0 Å². The van der Waals surface area contributed by atoms with E-state index in [1.165, 1.54) is 0 Å². The number of methoxy groups -OCH3 is 1. The Hall–Kier alpha value is -0.610. The summed E-state index contributed by atoms with van der Waals surface area (Å²) in [4.78, 5) is 0. The standard InChI is InChI=1S/C13H19ClO3/c1-15-6-7-16-8-9-17-11-13-4-2-12(10-14)3-5-13/h2-5H,6-11H2,1H3. The molecule has 0 aliphatic heterocycles. The summed E-state index contributed by atoms with van der Waals surface area (Å²) >= 11 is 5.71.